The number of para-hydroxylation sites is 2. The van der Waals surface area contributed by atoms with E-state index in [4.69, 9.17) is 4.74 Å². The number of aromatic amines is 1. The molecule has 0 aliphatic heterocycles. The molecule has 0 saturated heterocycles. The fourth-order valence-electron chi connectivity index (χ4n) is 2.95. The number of Topliss-reactive ketones (excluding diaryl/α,β-unsaturated/α-hetero) is 1. The van der Waals surface area contributed by atoms with Gasteiger partial charge >= 0.3 is 0 Å². The molecule has 1 aliphatic carbocycles. The molecule has 22 heavy (non-hydrogen) atoms. The smallest absolute Gasteiger partial charge is 0.201 e. The van der Waals surface area contributed by atoms with Crippen molar-refractivity contribution in [3.05, 3.63) is 59.9 Å². The van der Waals surface area contributed by atoms with Gasteiger partial charge < -0.3 is 9.72 Å². The maximum absolute atomic E-state index is 12.6. The highest BCUT2D eigenvalue weighted by Gasteiger charge is 2.45. The van der Waals surface area contributed by atoms with Crippen LogP contribution < -0.4 is 4.74 Å². The normalized spacial score (nSPS) is 20.0. The molecule has 4 rings (SSSR count). The Kier molecular flexibility index (Phi) is 2.96. The first-order valence-electron chi connectivity index (χ1n) is 7.39. The molecule has 4 nitrogen and oxygen atoms in total. The standard InChI is InChI=1S/C18H16N2O2/c1-22-12-8-6-11(7-9-12)13-10-14(13)17(21)18-19-15-4-2-3-5-16(15)20-18/h2-9,13-14H,10H2,1H3,(H,19,20). The molecule has 1 N–H and O–H groups in total. The van der Waals surface area contributed by atoms with Crippen LogP contribution in [0.1, 0.15) is 28.5 Å². The number of benzene rings is 2. The third-order valence-corrected chi connectivity index (χ3v) is 4.29. The number of nitrogens with zero attached hydrogens (tertiary/aromatic N) is 1. The molecule has 1 saturated carbocycles. The summed E-state index contributed by atoms with van der Waals surface area (Å²) in [5.41, 5.74) is 2.94. The fraction of sp³-hybridized carbons (Fsp3) is 0.222. The van der Waals surface area contributed by atoms with Gasteiger partial charge in [-0.15, -0.1) is 0 Å². The van der Waals surface area contributed by atoms with Gasteiger partial charge in [-0.25, -0.2) is 4.98 Å². The largest absolute Gasteiger partial charge is 0.497 e. The second-order valence-electron chi connectivity index (χ2n) is 5.69. The van der Waals surface area contributed by atoms with Gasteiger partial charge in [-0.2, -0.15) is 0 Å². The Morgan fingerprint density at radius 1 is 1.18 bits per heavy atom. The van der Waals surface area contributed by atoms with Crippen LogP contribution in [-0.2, 0) is 0 Å². The first kappa shape index (κ1) is 13.1. The molecule has 2 unspecified atom stereocenters. The van der Waals surface area contributed by atoms with Gasteiger partial charge in [0.2, 0.25) is 5.78 Å². The highest BCUT2D eigenvalue weighted by atomic mass is 16.5. The summed E-state index contributed by atoms with van der Waals surface area (Å²) >= 11 is 0. The summed E-state index contributed by atoms with van der Waals surface area (Å²) in [6, 6.07) is 15.7. The second-order valence-corrected chi connectivity index (χ2v) is 5.69. The van der Waals surface area contributed by atoms with Crippen molar-refractivity contribution in [2.24, 2.45) is 5.92 Å². The van der Waals surface area contributed by atoms with E-state index in [0.29, 0.717) is 11.7 Å². The van der Waals surface area contributed by atoms with Crippen LogP contribution in [0.3, 0.4) is 0 Å². The van der Waals surface area contributed by atoms with Crippen molar-refractivity contribution in [2.45, 2.75) is 12.3 Å². The van der Waals surface area contributed by atoms with E-state index in [-0.39, 0.29) is 11.7 Å². The number of carbonyl (C=O) groups is 1. The van der Waals surface area contributed by atoms with Crippen molar-refractivity contribution in [2.75, 3.05) is 7.11 Å². The quantitative estimate of drug-likeness (QED) is 0.748. The highest BCUT2D eigenvalue weighted by molar-refractivity contribution is 5.99. The van der Waals surface area contributed by atoms with E-state index in [1.165, 1.54) is 5.56 Å². The van der Waals surface area contributed by atoms with Crippen LogP contribution in [0.4, 0.5) is 0 Å². The first-order valence-corrected chi connectivity index (χ1v) is 7.39. The van der Waals surface area contributed by atoms with E-state index >= 15 is 0 Å². The molecular weight excluding hydrogens is 276 g/mol. The summed E-state index contributed by atoms with van der Waals surface area (Å²) < 4.78 is 5.16. The molecule has 2 aromatic carbocycles. The van der Waals surface area contributed by atoms with Crippen molar-refractivity contribution in [1.29, 1.82) is 0 Å². The molecule has 1 aliphatic rings. The summed E-state index contributed by atoms with van der Waals surface area (Å²) in [6.45, 7) is 0. The number of H-pyrrole nitrogens is 1. The van der Waals surface area contributed by atoms with E-state index in [1.54, 1.807) is 7.11 Å². The molecule has 2 atom stereocenters. The average molecular weight is 292 g/mol. The number of rotatable bonds is 4. The molecule has 4 heteroatoms. The van der Waals surface area contributed by atoms with Gasteiger partial charge in [0.15, 0.2) is 5.82 Å². The molecular formula is C18H16N2O2. The van der Waals surface area contributed by atoms with Crippen molar-refractivity contribution >= 4 is 16.8 Å². The van der Waals surface area contributed by atoms with Gasteiger partial charge in [-0.3, -0.25) is 4.79 Å². The number of hydrogen-bond donors (Lipinski definition) is 1. The van der Waals surface area contributed by atoms with Gasteiger partial charge in [0.1, 0.15) is 5.75 Å². The zero-order valence-electron chi connectivity index (χ0n) is 12.2. The van der Waals surface area contributed by atoms with E-state index in [9.17, 15) is 4.79 Å². The Hall–Kier alpha value is -2.62. The minimum absolute atomic E-state index is 0.0361. The van der Waals surface area contributed by atoms with E-state index in [0.717, 1.165) is 23.2 Å². The number of methoxy groups -OCH3 is 1. The van der Waals surface area contributed by atoms with Gasteiger partial charge in [-0.1, -0.05) is 24.3 Å². The molecule has 1 aromatic heterocycles. The Morgan fingerprint density at radius 3 is 2.68 bits per heavy atom. The summed E-state index contributed by atoms with van der Waals surface area (Å²) in [5, 5.41) is 0. The minimum Gasteiger partial charge on any atom is -0.497 e. The Morgan fingerprint density at radius 2 is 1.95 bits per heavy atom. The molecule has 0 bridgehead atoms. The van der Waals surface area contributed by atoms with Crippen LogP contribution in [0.25, 0.3) is 11.0 Å². The summed E-state index contributed by atoms with van der Waals surface area (Å²) in [4.78, 5) is 20.1. The Balaban J connectivity index is 1.54. The molecule has 3 aromatic rings. The lowest BCUT2D eigenvalue weighted by atomic mass is 10.1. The van der Waals surface area contributed by atoms with E-state index in [2.05, 4.69) is 9.97 Å². The SMILES string of the molecule is COc1ccc(C2CC2C(=O)c2nc3ccccc3[nH]2)cc1. The Bertz CT molecular complexity index is 803. The number of carbonyl (C=O) groups excluding carboxylic acids is 1. The number of aromatic nitrogens is 2. The van der Waals surface area contributed by atoms with Crippen LogP contribution in [0.5, 0.6) is 5.75 Å². The van der Waals surface area contributed by atoms with Gasteiger partial charge in [0.05, 0.1) is 18.1 Å². The van der Waals surface area contributed by atoms with Crippen LogP contribution in [0, 0.1) is 5.92 Å². The zero-order chi connectivity index (χ0) is 15.1. The third-order valence-electron chi connectivity index (χ3n) is 4.29. The molecule has 0 amide bonds. The highest BCUT2D eigenvalue weighted by Crippen LogP contribution is 2.49. The molecule has 1 heterocycles. The molecule has 0 radical (unpaired) electrons. The molecule has 110 valence electrons. The van der Waals surface area contributed by atoms with E-state index < -0.39 is 0 Å². The molecule has 1 fully saturated rings. The van der Waals surface area contributed by atoms with E-state index in [1.807, 2.05) is 48.5 Å². The third kappa shape index (κ3) is 2.17. The van der Waals surface area contributed by atoms with Gasteiger partial charge in [0.25, 0.3) is 0 Å². The number of fused-ring (bicyclic) bond motifs is 1. The monoisotopic (exact) mass is 292 g/mol. The van der Waals surface area contributed by atoms with Crippen molar-refractivity contribution < 1.29 is 9.53 Å². The predicted molar refractivity (Wildman–Crippen MR) is 84.3 cm³/mol. The average Bonchev–Trinajstić information content (AvgIpc) is 3.25. The lowest BCUT2D eigenvalue weighted by molar-refractivity contribution is 0.0956. The van der Waals surface area contributed by atoms with Gasteiger partial charge in [-0.05, 0) is 42.2 Å². The zero-order valence-corrected chi connectivity index (χ0v) is 12.2. The minimum atomic E-state index is 0.0361. The van der Waals surface area contributed by atoms with Crippen molar-refractivity contribution in [1.82, 2.24) is 9.97 Å². The van der Waals surface area contributed by atoms with Crippen LogP contribution >= 0.6 is 0 Å². The predicted octanol–water partition coefficient (Wildman–Crippen LogP) is 3.56. The number of imidazole rings is 1. The topological polar surface area (TPSA) is 55.0 Å². The Labute approximate surface area is 128 Å². The van der Waals surface area contributed by atoms with Crippen LogP contribution in [0.2, 0.25) is 0 Å². The number of nitrogens with one attached hydrogen (secondary N) is 1. The maximum atomic E-state index is 12.6. The lowest BCUT2D eigenvalue weighted by Gasteiger charge is -2.02. The number of ketones is 1. The maximum Gasteiger partial charge on any atom is 0.201 e. The fourth-order valence-corrected chi connectivity index (χ4v) is 2.95. The van der Waals surface area contributed by atoms with Crippen LogP contribution in [-0.4, -0.2) is 22.9 Å². The molecule has 0 spiro atoms. The summed E-state index contributed by atoms with van der Waals surface area (Å²) in [5.74, 6) is 1.75. The number of hydrogen-bond acceptors (Lipinski definition) is 3. The summed E-state index contributed by atoms with van der Waals surface area (Å²) in [6.07, 6.45) is 0.891. The van der Waals surface area contributed by atoms with Crippen LogP contribution in [0.15, 0.2) is 48.5 Å². The van der Waals surface area contributed by atoms with Crippen molar-refractivity contribution in [3.8, 4) is 5.75 Å². The van der Waals surface area contributed by atoms with Gasteiger partial charge in [0, 0.05) is 5.92 Å². The second kappa shape index (κ2) is 4.98. The first-order chi connectivity index (χ1) is 10.8. The lowest BCUT2D eigenvalue weighted by Crippen LogP contribution is -2.05. The number of ether oxygens (including phenoxy) is 1. The summed E-state index contributed by atoms with van der Waals surface area (Å²) in [7, 11) is 1.65. The van der Waals surface area contributed by atoms with Crippen molar-refractivity contribution in [3.63, 3.8) is 0 Å².